The van der Waals surface area contributed by atoms with E-state index >= 15 is 0 Å². The molecule has 17 rings (SSSR count). The zero-order valence-electron chi connectivity index (χ0n) is 43.9. The van der Waals surface area contributed by atoms with E-state index in [1.54, 1.807) is 0 Å². The van der Waals surface area contributed by atoms with Crippen LogP contribution in [0.4, 0.5) is 0 Å². The van der Waals surface area contributed by atoms with Crippen LogP contribution in [0.2, 0.25) is 0 Å². The molecule has 9 heterocycles. The molecule has 0 atom stereocenters. The van der Waals surface area contributed by atoms with Crippen LogP contribution in [0.15, 0.2) is 272 Å². The maximum atomic E-state index is 7.21. The Morgan fingerprint density at radius 2 is 0.707 bits per heavy atom. The molecule has 9 nitrogen and oxygen atoms in total. The highest BCUT2D eigenvalue weighted by atomic mass is 16.3. The first-order valence-corrected chi connectivity index (χ1v) is 27.4. The minimum absolute atomic E-state index is 0.765. The Bertz CT molecular complexity index is 5410. The molecule has 0 saturated carbocycles. The van der Waals surface area contributed by atoms with Gasteiger partial charge < -0.3 is 18.1 Å². The molecule has 0 radical (unpaired) electrons. The average molecular weight is 1050 g/mol. The van der Waals surface area contributed by atoms with Gasteiger partial charge in [-0.2, -0.15) is 0 Å². The number of benzene rings is 8. The lowest BCUT2D eigenvalue weighted by molar-refractivity contribution is 0.666. The second kappa shape index (κ2) is 18.1. The van der Waals surface area contributed by atoms with Crippen LogP contribution < -0.4 is 0 Å². The largest absolute Gasteiger partial charge is 0.454 e. The summed E-state index contributed by atoms with van der Waals surface area (Å²) in [6, 6.07) is 83.5. The van der Waals surface area contributed by atoms with Crippen molar-refractivity contribution in [3.05, 3.63) is 268 Å². The van der Waals surface area contributed by atoms with Crippen LogP contribution in [0.25, 0.3) is 161 Å². The van der Waals surface area contributed by atoms with E-state index in [-0.39, 0.29) is 0 Å². The molecule has 0 aliphatic heterocycles. The molecule has 0 aliphatic rings. The van der Waals surface area contributed by atoms with Crippen LogP contribution in [-0.4, -0.2) is 38.6 Å². The Hall–Kier alpha value is -11.3. The lowest BCUT2D eigenvalue weighted by Gasteiger charge is -2.14. The van der Waals surface area contributed by atoms with Crippen molar-refractivity contribution < 1.29 is 4.42 Å². The number of rotatable bonds is 8. The fraction of sp³-hybridized carbons (Fsp3) is 0. The zero-order chi connectivity index (χ0) is 53.8. The van der Waals surface area contributed by atoms with Crippen LogP contribution in [0.3, 0.4) is 0 Å². The van der Waals surface area contributed by atoms with Crippen molar-refractivity contribution in [1.82, 2.24) is 38.6 Å². The van der Waals surface area contributed by atoms with Crippen LogP contribution in [0, 0.1) is 0 Å². The van der Waals surface area contributed by atoms with E-state index in [9.17, 15) is 0 Å². The molecule has 82 heavy (non-hydrogen) atoms. The normalized spacial score (nSPS) is 11.9. The van der Waals surface area contributed by atoms with E-state index in [4.69, 9.17) is 29.3 Å². The van der Waals surface area contributed by atoms with E-state index < -0.39 is 0 Å². The summed E-state index contributed by atoms with van der Waals surface area (Å²) < 4.78 is 14.2. The highest BCUT2D eigenvalue weighted by Gasteiger charge is 2.24. The van der Waals surface area contributed by atoms with Gasteiger partial charge in [0.15, 0.2) is 5.58 Å². The van der Waals surface area contributed by atoms with Crippen LogP contribution in [0.1, 0.15) is 0 Å². The van der Waals surface area contributed by atoms with E-state index in [0.29, 0.717) is 0 Å². The quantitative estimate of drug-likeness (QED) is 0.151. The highest BCUT2D eigenvalue weighted by Crippen LogP contribution is 2.45. The summed E-state index contributed by atoms with van der Waals surface area (Å²) in [6.07, 6.45) is 9.36. The first-order chi connectivity index (χ1) is 40.7. The van der Waals surface area contributed by atoms with Crippen molar-refractivity contribution in [2.75, 3.05) is 0 Å². The number of para-hydroxylation sites is 1. The van der Waals surface area contributed by atoms with Gasteiger partial charge in [0.05, 0.1) is 66.7 Å². The van der Waals surface area contributed by atoms with E-state index in [1.165, 1.54) is 0 Å². The first-order valence-electron chi connectivity index (χ1n) is 27.4. The van der Waals surface area contributed by atoms with Gasteiger partial charge in [-0.15, -0.1) is 0 Å². The average Bonchev–Trinajstić information content (AvgIpc) is 4.33. The molecule has 8 aromatic carbocycles. The summed E-state index contributed by atoms with van der Waals surface area (Å²) in [5, 5.41) is 5.14. The molecule has 0 fully saturated rings. The SMILES string of the molecule is c1ccc(-n2c3ccc(-c4ccc5oc6c(-n7c8ccc(-c9ccccc9-c9ccccn9)cc8c8ncccc87)cc(-n7c8ccc(-c9ccccc9-c9ccccn9)cc8c8ncccc87)cc6c5c4)cc3c3ncccc32)cc1. The summed E-state index contributed by atoms with van der Waals surface area (Å²) >= 11 is 0. The van der Waals surface area contributed by atoms with Gasteiger partial charge in [0.2, 0.25) is 0 Å². The number of fused-ring (bicyclic) bond motifs is 12. The molecule has 9 heteroatoms. The molecule has 0 saturated heterocycles. The lowest BCUT2D eigenvalue weighted by Crippen LogP contribution is -2.00. The van der Waals surface area contributed by atoms with Crippen LogP contribution >= 0.6 is 0 Å². The molecule has 0 amide bonds. The first kappa shape index (κ1) is 45.7. The number of hydrogen-bond donors (Lipinski definition) is 0. The molecule has 17 aromatic rings. The minimum atomic E-state index is 0.765. The Kier molecular flexibility index (Phi) is 10.1. The fourth-order valence-electron chi connectivity index (χ4n) is 12.7. The van der Waals surface area contributed by atoms with Crippen molar-refractivity contribution in [3.8, 4) is 73.0 Å². The Balaban J connectivity index is 0.909. The van der Waals surface area contributed by atoms with Crippen molar-refractivity contribution in [2.24, 2.45) is 0 Å². The second-order valence-corrected chi connectivity index (χ2v) is 20.8. The summed E-state index contributed by atoms with van der Waals surface area (Å²) in [6.45, 7) is 0. The third-order valence-electron chi connectivity index (χ3n) is 16.3. The van der Waals surface area contributed by atoms with Crippen molar-refractivity contribution in [2.45, 2.75) is 0 Å². The summed E-state index contributed by atoms with van der Waals surface area (Å²) in [5.41, 5.74) is 23.9. The number of pyridine rings is 5. The van der Waals surface area contributed by atoms with Gasteiger partial charge in [0.25, 0.3) is 0 Å². The van der Waals surface area contributed by atoms with Crippen molar-refractivity contribution in [3.63, 3.8) is 0 Å². The maximum absolute atomic E-state index is 7.21. The molecule has 0 N–H and O–H groups in total. The standard InChI is InChI=1S/C73H44N8O/c1-2-15-49(16-3-1)79-62-30-26-45(40-57(62)70-65(79)23-12-36-76-70)46-29-33-69-55(39-46)56-43-50(80-63-31-27-47(41-58(63)71-66(80)24-13-37-77-71)51-17-4-6-19-53(51)60-21-8-10-34-74-60)44-68(73(56)82-69)81-64-32-28-48(42-59(64)72-67(81)25-14-38-78-72)52-18-5-7-20-54(52)61-22-9-11-35-75-61/h1-44H. The van der Waals surface area contributed by atoms with Gasteiger partial charge in [-0.1, -0.05) is 103 Å². The van der Waals surface area contributed by atoms with Gasteiger partial charge in [-0.05, 0) is 167 Å². The molecule has 382 valence electrons. The summed E-state index contributed by atoms with van der Waals surface area (Å²) in [7, 11) is 0. The number of aromatic nitrogens is 8. The molecular formula is C73H44N8O. The molecule has 0 aliphatic carbocycles. The van der Waals surface area contributed by atoms with Crippen molar-refractivity contribution >= 4 is 87.7 Å². The fourth-order valence-corrected chi connectivity index (χ4v) is 12.7. The van der Waals surface area contributed by atoms with Crippen LogP contribution in [0.5, 0.6) is 0 Å². The van der Waals surface area contributed by atoms with Gasteiger partial charge in [-0.3, -0.25) is 24.9 Å². The molecule has 9 aromatic heterocycles. The van der Waals surface area contributed by atoms with Gasteiger partial charge in [0, 0.05) is 80.4 Å². The van der Waals surface area contributed by atoms with Gasteiger partial charge in [0.1, 0.15) is 5.58 Å². The van der Waals surface area contributed by atoms with E-state index in [1.807, 2.05) is 73.4 Å². The van der Waals surface area contributed by atoms with E-state index in [0.717, 1.165) is 161 Å². The lowest BCUT2D eigenvalue weighted by atomic mass is 9.96. The number of nitrogens with zero attached hydrogens (tertiary/aromatic N) is 8. The summed E-state index contributed by atoms with van der Waals surface area (Å²) in [5.74, 6) is 0. The predicted octanol–water partition coefficient (Wildman–Crippen LogP) is 18.2. The molecule has 0 unspecified atom stereocenters. The van der Waals surface area contributed by atoms with Gasteiger partial charge in [-0.25, -0.2) is 0 Å². The molecular weight excluding hydrogens is 1000 g/mol. The second-order valence-electron chi connectivity index (χ2n) is 20.8. The third kappa shape index (κ3) is 7.03. The molecule has 0 spiro atoms. The Morgan fingerprint density at radius 3 is 1.26 bits per heavy atom. The number of hydrogen-bond acceptors (Lipinski definition) is 6. The molecule has 0 bridgehead atoms. The smallest absolute Gasteiger partial charge is 0.159 e. The highest BCUT2D eigenvalue weighted by molar-refractivity contribution is 6.15. The minimum Gasteiger partial charge on any atom is -0.454 e. The third-order valence-corrected chi connectivity index (χ3v) is 16.3. The topological polar surface area (TPSA) is 92.4 Å². The Morgan fingerprint density at radius 1 is 0.268 bits per heavy atom. The predicted molar refractivity (Wildman–Crippen MR) is 333 cm³/mol. The Labute approximate surface area is 468 Å². The zero-order valence-corrected chi connectivity index (χ0v) is 43.9. The van der Waals surface area contributed by atoms with Gasteiger partial charge >= 0.3 is 0 Å². The van der Waals surface area contributed by atoms with Crippen molar-refractivity contribution in [1.29, 1.82) is 0 Å². The number of furan rings is 1. The monoisotopic (exact) mass is 1050 g/mol. The maximum Gasteiger partial charge on any atom is 0.159 e. The summed E-state index contributed by atoms with van der Waals surface area (Å²) in [4.78, 5) is 24.7. The van der Waals surface area contributed by atoms with Crippen LogP contribution in [-0.2, 0) is 0 Å². The van der Waals surface area contributed by atoms with E-state index in [2.05, 4.69) is 208 Å².